The van der Waals surface area contributed by atoms with Gasteiger partial charge in [0.2, 0.25) is 0 Å². The molecule has 6 unspecified atom stereocenters. The first kappa shape index (κ1) is 94.4. The molecule has 0 aromatic heterocycles. The average molecular weight is 1870 g/mol. The zero-order valence-electron chi connectivity index (χ0n) is 71.1. The van der Waals surface area contributed by atoms with Crippen LogP contribution < -0.4 is 9.47 Å². The molecule has 6 atom stereocenters. The third-order valence-corrected chi connectivity index (χ3v) is 27.0. The minimum atomic E-state index is -3.64. The summed E-state index contributed by atoms with van der Waals surface area (Å²) in [5, 5.41) is 32.2. The number of thioether (sulfide) groups is 4. The molecular weight excluding hydrogens is 1770 g/mol. The fraction of sp³-hybridized carbons (Fsp3) is 0.333. The van der Waals surface area contributed by atoms with Crippen molar-refractivity contribution in [3.63, 3.8) is 0 Å². The number of hydrogen-bond acceptors (Lipinski definition) is 30. The molecule has 6 heterocycles. The molecule has 10 aromatic rings. The van der Waals surface area contributed by atoms with Crippen molar-refractivity contribution in [2.45, 2.75) is 155 Å². The standard InChI is InChI=1S/2C16H17NO3S2.C15H15NO4S.C14H13NO4S.2C13H17NO3S2/c1-16(2)10-13(17-20-22(3,18)19)15-12-7-5-4-6-11(12)8-9-14(15)21-16;1-10-11(2)21-14-9-8-12-6-4-5-7-13(12)15(14)16(10)17-20-22(3,18)19;1-9-4-6-12-11(8-9)5-7-13-14(12)15(10(2)19-13)16-20-21(3,17)18;1-9-13(15-19-20(2,16)17)12-8-7-10-5-3-4-6-11(10)14(12)18-9;1-9-5-6-12-10(7-9)11(8-13(2,3)18-12)14-17-19(4,15)16;1-8-5-6-12-11(7-8)13(9(2)10(3)18-12)14-17-19(4,15)16/h4-9H,10H2,1-3H3;4-11H,1-3H3;4-8,10H,1-3H3;3-9H,1-2H3;5-7H,8H2,1-4H3;5-7,9-10H,1-4H3/b17-13+;17-16+;16-15+;15-13+;14-11+;14-13+. The summed E-state index contributed by atoms with van der Waals surface area (Å²) in [6.07, 6.45) is 6.54. The predicted octanol–water partition coefficient (Wildman–Crippen LogP) is 18.1. The fourth-order valence-corrected chi connectivity index (χ4v) is 20.1. The SMILES string of the molecule is CC1(C)C/C(=N\OS(C)(=O)=O)c2c(ccc3ccccc23)S1.CC1Oc2c(ccc3ccccc23)/C1=N/OS(C)(=O)=O.CC1Sc2ccc3ccccc3c2/C(=N/OS(C)(=O)=O)C1C.Cc1ccc2c(c1)/C(=N/OS(C)(=O)=O)C(C)C(C)S2.Cc1ccc2c(c1)/C(=N/OS(C)(=O)=O)CC(C)(C)S2.Cc1ccc2c3c(ccc2c1)OC(C)/C3=N\OS(C)(=O)=O. The Hall–Kier alpha value is -9.24. The number of ether oxygens (including phenoxy) is 2. The minimum absolute atomic E-state index is 0.0258. The number of nitrogens with zero attached hydrogens (tertiary/aromatic N) is 6. The van der Waals surface area contributed by atoms with Gasteiger partial charge in [-0.15, -0.1) is 47.0 Å². The Bertz CT molecular complexity index is 6720. The summed E-state index contributed by atoms with van der Waals surface area (Å²) in [4.78, 5) is 4.44. The van der Waals surface area contributed by atoms with Crippen molar-refractivity contribution in [3.05, 3.63) is 226 Å². The van der Waals surface area contributed by atoms with Crippen molar-refractivity contribution in [3.8, 4) is 11.5 Å². The van der Waals surface area contributed by atoms with Crippen LogP contribution in [0.2, 0.25) is 0 Å². The monoisotopic (exact) mass is 1860 g/mol. The lowest BCUT2D eigenvalue weighted by atomic mass is 9.91. The second kappa shape index (κ2) is 37.9. The topological polar surface area (TPSA) is 353 Å². The molecule has 0 saturated carbocycles. The Morgan fingerprint density at radius 2 is 0.715 bits per heavy atom. The van der Waals surface area contributed by atoms with Crippen LogP contribution in [0.1, 0.15) is 132 Å². The molecule has 654 valence electrons. The minimum Gasteiger partial charge on any atom is -0.484 e. The van der Waals surface area contributed by atoms with Gasteiger partial charge in [-0.3, -0.25) is 25.7 Å². The first-order valence-electron chi connectivity index (χ1n) is 38.5. The van der Waals surface area contributed by atoms with Crippen LogP contribution in [0.3, 0.4) is 0 Å². The summed E-state index contributed by atoms with van der Waals surface area (Å²) in [5.41, 5.74) is 12.6. The number of fused-ring (bicyclic) bond motifs is 14. The summed E-state index contributed by atoms with van der Waals surface area (Å²) >= 11 is 7.12. The first-order chi connectivity index (χ1) is 57.4. The van der Waals surface area contributed by atoms with Crippen LogP contribution in [0.4, 0.5) is 0 Å². The van der Waals surface area contributed by atoms with Gasteiger partial charge in [-0.05, 0) is 149 Å². The van der Waals surface area contributed by atoms with Crippen LogP contribution in [0.5, 0.6) is 11.5 Å². The molecule has 26 nitrogen and oxygen atoms in total. The van der Waals surface area contributed by atoms with Crippen LogP contribution in [0.15, 0.2) is 226 Å². The van der Waals surface area contributed by atoms with Crippen LogP contribution in [-0.4, -0.2) is 155 Å². The van der Waals surface area contributed by atoms with Gasteiger partial charge in [0.25, 0.3) is 0 Å². The van der Waals surface area contributed by atoms with Crippen molar-refractivity contribution in [1.82, 2.24) is 0 Å². The fourth-order valence-electron chi connectivity index (χ4n) is 13.9. The molecule has 16 rings (SSSR count). The molecule has 0 bridgehead atoms. The van der Waals surface area contributed by atoms with Crippen LogP contribution in [0, 0.1) is 32.6 Å². The summed E-state index contributed by atoms with van der Waals surface area (Å²) in [7, 11) is -21.6. The van der Waals surface area contributed by atoms with Crippen molar-refractivity contribution < 1.29 is 85.7 Å². The average Bonchev–Trinajstić information content (AvgIpc) is 1.75. The molecule has 6 aliphatic rings. The Kier molecular flexibility index (Phi) is 29.1. The summed E-state index contributed by atoms with van der Waals surface area (Å²) in [6.45, 7) is 26.4. The second-order valence-electron chi connectivity index (χ2n) is 31.6. The van der Waals surface area contributed by atoms with E-state index in [1.165, 1.54) is 0 Å². The number of hydrogen-bond donors (Lipinski definition) is 0. The highest BCUT2D eigenvalue weighted by Crippen LogP contribution is 2.48. The highest BCUT2D eigenvalue weighted by atomic mass is 32.2. The van der Waals surface area contributed by atoms with Gasteiger partial charge in [0.15, 0.2) is 0 Å². The number of aryl methyl sites for hydroxylation is 3. The molecule has 0 amide bonds. The normalized spacial score (nSPS) is 21.2. The molecule has 0 aliphatic carbocycles. The Labute approximate surface area is 737 Å². The summed E-state index contributed by atoms with van der Waals surface area (Å²) in [6, 6.07) is 58.1. The zero-order valence-corrected chi connectivity index (χ0v) is 79.2. The number of rotatable bonds is 12. The van der Waals surface area contributed by atoms with E-state index in [1.54, 1.807) is 54.0 Å². The third-order valence-electron chi connectivity index (χ3n) is 19.6. The molecule has 0 saturated heterocycles. The van der Waals surface area contributed by atoms with E-state index < -0.39 is 60.7 Å². The molecule has 6 aliphatic heterocycles. The van der Waals surface area contributed by atoms with E-state index in [-0.39, 0.29) is 33.5 Å². The lowest BCUT2D eigenvalue weighted by molar-refractivity contribution is 0.292. The van der Waals surface area contributed by atoms with Gasteiger partial charge in [0.1, 0.15) is 35.1 Å². The quantitative estimate of drug-likeness (QED) is 0.103. The smallest absolute Gasteiger partial charge is 0.325 e. The van der Waals surface area contributed by atoms with Gasteiger partial charge in [-0.25, -0.2) is 0 Å². The van der Waals surface area contributed by atoms with Gasteiger partial charge >= 0.3 is 60.7 Å². The third kappa shape index (κ3) is 25.1. The van der Waals surface area contributed by atoms with Gasteiger partial charge in [-0.2, -0.15) is 50.5 Å². The predicted molar refractivity (Wildman–Crippen MR) is 496 cm³/mol. The maximum Gasteiger partial charge on any atom is 0.325 e. The Morgan fingerprint density at radius 1 is 0.333 bits per heavy atom. The lowest BCUT2D eigenvalue weighted by Crippen LogP contribution is -2.27. The van der Waals surface area contributed by atoms with E-state index in [9.17, 15) is 50.5 Å². The molecule has 0 N–H and O–H groups in total. The van der Waals surface area contributed by atoms with Gasteiger partial charge in [0, 0.05) is 97.5 Å². The maximum absolute atomic E-state index is 11.3. The molecule has 0 radical (unpaired) electrons. The maximum atomic E-state index is 11.3. The van der Waals surface area contributed by atoms with Crippen molar-refractivity contribution in [2.24, 2.45) is 42.8 Å². The molecule has 0 spiro atoms. The second-order valence-corrected chi connectivity index (χ2v) is 47.3. The van der Waals surface area contributed by atoms with Gasteiger partial charge in [0.05, 0.1) is 65.9 Å². The van der Waals surface area contributed by atoms with Gasteiger partial charge < -0.3 is 9.47 Å². The molecule has 0 fully saturated rings. The highest BCUT2D eigenvalue weighted by molar-refractivity contribution is 8.01. The van der Waals surface area contributed by atoms with E-state index >= 15 is 0 Å². The first-order valence-corrected chi connectivity index (χ1v) is 52.8. The molecular formula is C87H96N6O20S10. The van der Waals surface area contributed by atoms with Crippen molar-refractivity contribution >= 4 is 185 Å². The van der Waals surface area contributed by atoms with Crippen molar-refractivity contribution in [1.29, 1.82) is 0 Å². The molecule has 36 heteroatoms. The van der Waals surface area contributed by atoms with Crippen LogP contribution >= 0.6 is 47.0 Å². The lowest BCUT2D eigenvalue weighted by Gasteiger charge is -2.31. The van der Waals surface area contributed by atoms with E-state index in [1.807, 2.05) is 187 Å². The van der Waals surface area contributed by atoms with E-state index in [4.69, 9.17) is 18.0 Å². The Balaban J connectivity index is 0.000000144. The van der Waals surface area contributed by atoms with Crippen LogP contribution in [-0.2, 0) is 86.4 Å². The van der Waals surface area contributed by atoms with E-state index in [0.717, 1.165) is 150 Å². The van der Waals surface area contributed by atoms with Gasteiger partial charge in [-0.1, -0.05) is 203 Å². The Morgan fingerprint density at radius 3 is 1.28 bits per heavy atom. The number of benzene rings is 10. The molecule has 10 aromatic carbocycles. The summed E-state index contributed by atoms with van der Waals surface area (Å²) < 4.78 is 173. The van der Waals surface area contributed by atoms with Crippen LogP contribution in [0.25, 0.3) is 43.1 Å². The highest BCUT2D eigenvalue weighted by Gasteiger charge is 2.37. The largest absolute Gasteiger partial charge is 0.484 e. The zero-order chi connectivity index (χ0) is 89.9. The van der Waals surface area contributed by atoms with Crippen molar-refractivity contribution in [2.75, 3.05) is 37.5 Å². The van der Waals surface area contributed by atoms with E-state index in [2.05, 4.69) is 120 Å². The number of oxime groups is 6. The summed E-state index contributed by atoms with van der Waals surface area (Å²) in [5.74, 6) is 1.65. The van der Waals surface area contributed by atoms with E-state index in [0.29, 0.717) is 69.1 Å². The molecule has 123 heavy (non-hydrogen) atoms.